The Hall–Kier alpha value is -0.940. The maximum atomic E-state index is 12.3. The number of nitrogens with zero attached hydrogens (tertiary/aromatic N) is 1. The van der Waals surface area contributed by atoms with Gasteiger partial charge < -0.3 is 5.32 Å². The van der Waals surface area contributed by atoms with Crippen molar-refractivity contribution in [2.45, 2.75) is 37.1 Å². The van der Waals surface area contributed by atoms with Crippen molar-refractivity contribution in [3.05, 3.63) is 29.3 Å². The fraction of sp³-hybridized carbons (Fsp3) is 0.467. The number of fused-ring (bicyclic) bond motifs is 1. The van der Waals surface area contributed by atoms with E-state index in [1.807, 2.05) is 32.0 Å². The number of rotatable bonds is 3. The Morgan fingerprint density at radius 3 is 2.75 bits per heavy atom. The summed E-state index contributed by atoms with van der Waals surface area (Å²) in [4.78, 5) is 16.9. The minimum Gasteiger partial charge on any atom is -0.344 e. The molecule has 1 saturated carbocycles. The SMILES string of the molecule is CC(C)(NC(=O)C1CC1(C)Br)c1nc2ccccc2s1. The molecule has 1 aromatic heterocycles. The molecule has 106 valence electrons. The molecule has 0 spiro atoms. The smallest absolute Gasteiger partial charge is 0.225 e. The van der Waals surface area contributed by atoms with Crippen LogP contribution >= 0.6 is 27.3 Å². The first-order valence-corrected chi connectivity index (χ1v) is 8.27. The zero-order valence-corrected chi connectivity index (χ0v) is 14.1. The Morgan fingerprint density at radius 2 is 2.15 bits per heavy atom. The predicted octanol–water partition coefficient (Wildman–Crippen LogP) is 3.82. The Morgan fingerprint density at radius 1 is 1.50 bits per heavy atom. The van der Waals surface area contributed by atoms with E-state index in [1.54, 1.807) is 11.3 Å². The summed E-state index contributed by atoms with van der Waals surface area (Å²) >= 11 is 5.21. The Balaban J connectivity index is 1.82. The fourth-order valence-corrected chi connectivity index (χ4v) is 3.85. The third-order valence-corrected chi connectivity index (χ3v) is 5.99. The molecule has 0 radical (unpaired) electrons. The van der Waals surface area contributed by atoms with Gasteiger partial charge in [-0.2, -0.15) is 0 Å². The molecular weight excluding hydrogens is 336 g/mol. The van der Waals surface area contributed by atoms with Crippen LogP contribution in [0.5, 0.6) is 0 Å². The third kappa shape index (κ3) is 2.49. The van der Waals surface area contributed by atoms with Crippen molar-refractivity contribution < 1.29 is 4.79 Å². The standard InChI is InChI=1S/C15H17BrN2OS/c1-14(2,18-12(19)9-8-15(9,3)16)13-17-10-6-4-5-7-11(10)20-13/h4-7,9H,8H2,1-3H3,(H,18,19). The van der Waals surface area contributed by atoms with Gasteiger partial charge >= 0.3 is 0 Å². The van der Waals surface area contributed by atoms with E-state index in [-0.39, 0.29) is 16.1 Å². The highest BCUT2D eigenvalue weighted by Gasteiger charge is 2.53. The van der Waals surface area contributed by atoms with E-state index >= 15 is 0 Å². The molecule has 3 rings (SSSR count). The van der Waals surface area contributed by atoms with Crippen LogP contribution in [0.3, 0.4) is 0 Å². The number of para-hydroxylation sites is 1. The van der Waals surface area contributed by atoms with Gasteiger partial charge in [0.25, 0.3) is 0 Å². The van der Waals surface area contributed by atoms with E-state index in [0.29, 0.717) is 0 Å². The van der Waals surface area contributed by atoms with Gasteiger partial charge in [-0.15, -0.1) is 11.3 Å². The lowest BCUT2D eigenvalue weighted by atomic mass is 10.1. The number of hydrogen-bond acceptors (Lipinski definition) is 3. The Labute approximate surface area is 130 Å². The summed E-state index contributed by atoms with van der Waals surface area (Å²) in [5.41, 5.74) is 0.554. The molecule has 1 heterocycles. The number of carbonyl (C=O) groups excluding carboxylic acids is 1. The number of hydrogen-bond donors (Lipinski definition) is 1. The van der Waals surface area contributed by atoms with E-state index in [4.69, 9.17) is 0 Å². The first kappa shape index (κ1) is 14.0. The maximum Gasteiger partial charge on any atom is 0.225 e. The van der Waals surface area contributed by atoms with Gasteiger partial charge in [-0.3, -0.25) is 4.79 Å². The van der Waals surface area contributed by atoms with Crippen LogP contribution in [0.2, 0.25) is 0 Å². The molecule has 1 amide bonds. The van der Waals surface area contributed by atoms with E-state index < -0.39 is 5.54 Å². The lowest BCUT2D eigenvalue weighted by Crippen LogP contribution is -2.42. The maximum absolute atomic E-state index is 12.3. The summed E-state index contributed by atoms with van der Waals surface area (Å²) in [7, 11) is 0. The van der Waals surface area contributed by atoms with Crippen LogP contribution in [0.4, 0.5) is 0 Å². The van der Waals surface area contributed by atoms with E-state index in [2.05, 4.69) is 39.2 Å². The summed E-state index contributed by atoms with van der Waals surface area (Å²) in [6.07, 6.45) is 0.898. The molecule has 2 unspecified atom stereocenters. The predicted molar refractivity (Wildman–Crippen MR) is 86.2 cm³/mol. The van der Waals surface area contributed by atoms with Crippen molar-refractivity contribution in [2.75, 3.05) is 0 Å². The number of aromatic nitrogens is 1. The van der Waals surface area contributed by atoms with Crippen LogP contribution in [-0.4, -0.2) is 15.2 Å². The van der Waals surface area contributed by atoms with Crippen molar-refractivity contribution >= 4 is 43.4 Å². The molecule has 1 N–H and O–H groups in total. The zero-order valence-electron chi connectivity index (χ0n) is 11.7. The number of benzene rings is 1. The van der Waals surface area contributed by atoms with Crippen LogP contribution in [0.1, 0.15) is 32.2 Å². The van der Waals surface area contributed by atoms with E-state index in [1.165, 1.54) is 0 Å². The van der Waals surface area contributed by atoms with Gasteiger partial charge in [-0.1, -0.05) is 28.1 Å². The molecule has 2 aromatic rings. The van der Waals surface area contributed by atoms with Crippen LogP contribution < -0.4 is 5.32 Å². The zero-order chi connectivity index (χ0) is 14.5. The Kier molecular flexibility index (Phi) is 3.18. The molecule has 20 heavy (non-hydrogen) atoms. The van der Waals surface area contributed by atoms with Gasteiger partial charge in [-0.25, -0.2) is 4.98 Å². The summed E-state index contributed by atoms with van der Waals surface area (Å²) in [6, 6.07) is 8.06. The van der Waals surface area contributed by atoms with Crippen LogP contribution in [0, 0.1) is 5.92 Å². The van der Waals surface area contributed by atoms with Gasteiger partial charge in [0, 0.05) is 4.32 Å². The lowest BCUT2D eigenvalue weighted by molar-refractivity contribution is -0.124. The van der Waals surface area contributed by atoms with Crippen molar-refractivity contribution in [1.82, 2.24) is 10.3 Å². The quantitative estimate of drug-likeness (QED) is 0.853. The largest absolute Gasteiger partial charge is 0.344 e. The third-order valence-electron chi connectivity index (χ3n) is 3.75. The monoisotopic (exact) mass is 352 g/mol. The number of amides is 1. The number of nitrogens with one attached hydrogen (secondary N) is 1. The first-order chi connectivity index (χ1) is 9.29. The average Bonchev–Trinajstić information content (AvgIpc) is 2.84. The topological polar surface area (TPSA) is 42.0 Å². The fourth-order valence-electron chi connectivity index (χ4n) is 2.29. The molecule has 5 heteroatoms. The normalized spacial score (nSPS) is 25.7. The van der Waals surface area contributed by atoms with Crippen molar-refractivity contribution in [3.63, 3.8) is 0 Å². The highest BCUT2D eigenvalue weighted by atomic mass is 79.9. The summed E-state index contributed by atoms with van der Waals surface area (Å²) in [6.45, 7) is 6.08. The summed E-state index contributed by atoms with van der Waals surface area (Å²) in [5, 5.41) is 4.08. The molecule has 3 nitrogen and oxygen atoms in total. The van der Waals surface area contributed by atoms with Gasteiger partial charge in [0.2, 0.25) is 5.91 Å². The minimum absolute atomic E-state index is 0.0270. The molecule has 0 saturated heterocycles. The highest BCUT2D eigenvalue weighted by molar-refractivity contribution is 9.10. The molecule has 2 atom stereocenters. The van der Waals surface area contributed by atoms with Gasteiger partial charge in [0.05, 0.1) is 21.7 Å². The average molecular weight is 353 g/mol. The van der Waals surface area contributed by atoms with Crippen LogP contribution in [-0.2, 0) is 10.3 Å². The summed E-state index contributed by atoms with van der Waals surface area (Å²) < 4.78 is 1.13. The Bertz CT molecular complexity index is 644. The van der Waals surface area contributed by atoms with Crippen LogP contribution in [0.25, 0.3) is 10.2 Å². The van der Waals surface area contributed by atoms with Gasteiger partial charge in [0.15, 0.2) is 0 Å². The molecule has 0 bridgehead atoms. The van der Waals surface area contributed by atoms with E-state index in [0.717, 1.165) is 21.6 Å². The number of carbonyl (C=O) groups is 1. The van der Waals surface area contributed by atoms with Crippen molar-refractivity contribution in [3.8, 4) is 0 Å². The molecule has 0 aliphatic heterocycles. The van der Waals surface area contributed by atoms with Gasteiger partial charge in [0.1, 0.15) is 5.01 Å². The number of halogens is 1. The molecule has 1 aliphatic carbocycles. The lowest BCUT2D eigenvalue weighted by Gasteiger charge is -2.24. The first-order valence-electron chi connectivity index (χ1n) is 6.67. The van der Waals surface area contributed by atoms with E-state index in [9.17, 15) is 4.79 Å². The molecular formula is C15H17BrN2OS. The second kappa shape index (κ2) is 4.53. The summed E-state index contributed by atoms with van der Waals surface area (Å²) in [5.74, 6) is 0.171. The highest BCUT2D eigenvalue weighted by Crippen LogP contribution is 2.51. The minimum atomic E-state index is -0.438. The molecule has 1 aromatic carbocycles. The number of alkyl halides is 1. The second-order valence-corrected chi connectivity index (χ2v) is 8.98. The van der Waals surface area contributed by atoms with Gasteiger partial charge in [-0.05, 0) is 39.3 Å². The van der Waals surface area contributed by atoms with Crippen molar-refractivity contribution in [2.24, 2.45) is 5.92 Å². The number of thiazole rings is 1. The van der Waals surface area contributed by atoms with Crippen molar-refractivity contribution in [1.29, 1.82) is 0 Å². The molecule has 1 aliphatic rings. The second-order valence-electron chi connectivity index (χ2n) is 6.14. The molecule has 1 fully saturated rings. The van der Waals surface area contributed by atoms with Crippen LogP contribution in [0.15, 0.2) is 24.3 Å².